The molecule has 1 unspecified atom stereocenters. The monoisotopic (exact) mass is 349 g/mol. The second-order valence-electron chi connectivity index (χ2n) is 5.54. The van der Waals surface area contributed by atoms with E-state index in [1.54, 1.807) is 30.3 Å². The van der Waals surface area contributed by atoms with Gasteiger partial charge < -0.3 is 9.84 Å². The zero-order chi connectivity index (χ0) is 18.5. The van der Waals surface area contributed by atoms with Crippen molar-refractivity contribution in [1.29, 1.82) is 0 Å². The summed E-state index contributed by atoms with van der Waals surface area (Å²) in [6.45, 7) is 0. The number of carboxylic acids is 1. The van der Waals surface area contributed by atoms with Crippen molar-refractivity contribution < 1.29 is 19.6 Å². The predicted molar refractivity (Wildman–Crippen MR) is 95.6 cm³/mol. The van der Waals surface area contributed by atoms with Gasteiger partial charge >= 0.3 is 12.2 Å². The van der Waals surface area contributed by atoms with Gasteiger partial charge in [-0.05, 0) is 35.4 Å². The summed E-state index contributed by atoms with van der Waals surface area (Å²) >= 11 is 0. The van der Waals surface area contributed by atoms with Crippen LogP contribution in [-0.2, 0) is 0 Å². The number of hydrogen-bond donors (Lipinski definition) is 1. The van der Waals surface area contributed by atoms with Crippen molar-refractivity contribution in [2.24, 2.45) is 0 Å². The minimum Gasteiger partial charge on any atom is -0.478 e. The molecule has 0 saturated carbocycles. The van der Waals surface area contributed by atoms with E-state index in [4.69, 9.17) is 4.74 Å². The Hall–Kier alpha value is -3.67. The third kappa shape index (κ3) is 3.70. The van der Waals surface area contributed by atoms with Crippen molar-refractivity contribution in [2.45, 2.75) is 6.23 Å². The van der Waals surface area contributed by atoms with Crippen LogP contribution in [-0.4, -0.2) is 16.0 Å². The maximum absolute atomic E-state index is 11.5. The Morgan fingerprint density at radius 2 is 1.46 bits per heavy atom. The molecule has 3 aromatic carbocycles. The Labute approximate surface area is 149 Å². The fourth-order valence-electron chi connectivity index (χ4n) is 2.61. The fraction of sp³-hybridized carbons (Fsp3) is 0.0500. The molecule has 6 nitrogen and oxygen atoms in total. The lowest BCUT2D eigenvalue weighted by atomic mass is 10.1. The highest BCUT2D eigenvalue weighted by Crippen LogP contribution is 2.28. The summed E-state index contributed by atoms with van der Waals surface area (Å²) in [5, 5.41) is 20.7. The molecule has 6 heteroatoms. The molecule has 3 aromatic rings. The van der Waals surface area contributed by atoms with E-state index in [2.05, 4.69) is 0 Å². The van der Waals surface area contributed by atoms with E-state index < -0.39 is 17.1 Å². The van der Waals surface area contributed by atoms with Crippen LogP contribution in [0.2, 0.25) is 0 Å². The number of nitro groups is 1. The average molecular weight is 349 g/mol. The molecule has 0 radical (unpaired) electrons. The summed E-state index contributed by atoms with van der Waals surface area (Å²) in [4.78, 5) is 22.1. The first-order valence-electron chi connectivity index (χ1n) is 7.84. The molecule has 0 spiro atoms. The molecule has 0 fully saturated rings. The third-order valence-corrected chi connectivity index (χ3v) is 3.86. The number of ether oxygens (including phenoxy) is 1. The quantitative estimate of drug-likeness (QED) is 0.404. The zero-order valence-corrected chi connectivity index (χ0v) is 13.6. The van der Waals surface area contributed by atoms with Gasteiger partial charge in [0.2, 0.25) is 0 Å². The summed E-state index contributed by atoms with van der Waals surface area (Å²) in [5.74, 6) is -0.956. The van der Waals surface area contributed by atoms with Gasteiger partial charge in [0.15, 0.2) is 0 Å². The van der Waals surface area contributed by atoms with Crippen LogP contribution in [0.4, 0.5) is 0 Å². The van der Waals surface area contributed by atoms with Crippen molar-refractivity contribution in [3.05, 3.63) is 100 Å². The number of carboxylic acid groups (broad SMARTS) is 1. The molecule has 0 saturated heterocycles. The van der Waals surface area contributed by atoms with Crippen molar-refractivity contribution in [3.63, 3.8) is 0 Å². The van der Waals surface area contributed by atoms with E-state index in [1.165, 1.54) is 18.2 Å². The van der Waals surface area contributed by atoms with E-state index in [0.29, 0.717) is 0 Å². The molecule has 0 aliphatic heterocycles. The largest absolute Gasteiger partial charge is 0.478 e. The van der Waals surface area contributed by atoms with E-state index in [0.717, 1.165) is 11.1 Å². The lowest BCUT2D eigenvalue weighted by molar-refractivity contribution is -0.570. The Morgan fingerprint density at radius 1 is 0.885 bits per heavy atom. The smallest absolute Gasteiger partial charge is 0.381 e. The van der Waals surface area contributed by atoms with Crippen LogP contribution in [0.1, 0.15) is 22.1 Å². The summed E-state index contributed by atoms with van der Waals surface area (Å²) in [7, 11) is 0. The van der Waals surface area contributed by atoms with Crippen molar-refractivity contribution in [2.75, 3.05) is 0 Å². The first-order valence-corrected chi connectivity index (χ1v) is 7.84. The van der Waals surface area contributed by atoms with Gasteiger partial charge in [-0.1, -0.05) is 54.6 Å². The van der Waals surface area contributed by atoms with Gasteiger partial charge in [-0.25, -0.2) is 4.79 Å². The minimum atomic E-state index is -1.61. The minimum absolute atomic E-state index is 0.00265. The molecular formula is C20H15NO5. The van der Waals surface area contributed by atoms with Gasteiger partial charge in [0.1, 0.15) is 5.75 Å². The molecule has 1 N–H and O–H groups in total. The van der Waals surface area contributed by atoms with Crippen LogP contribution in [0.25, 0.3) is 11.1 Å². The molecule has 0 aliphatic carbocycles. The van der Waals surface area contributed by atoms with Gasteiger partial charge in [0, 0.05) is 0 Å². The molecule has 3 rings (SSSR count). The number of aromatic carboxylic acids is 1. The Balaban J connectivity index is 1.88. The Morgan fingerprint density at radius 3 is 2.08 bits per heavy atom. The summed E-state index contributed by atoms with van der Waals surface area (Å²) in [6, 6.07) is 22.3. The summed E-state index contributed by atoms with van der Waals surface area (Å²) < 4.78 is 5.48. The van der Waals surface area contributed by atoms with E-state index in [-0.39, 0.29) is 16.9 Å². The van der Waals surface area contributed by atoms with Crippen LogP contribution in [0.15, 0.2) is 78.9 Å². The summed E-state index contributed by atoms with van der Waals surface area (Å²) in [5.41, 5.74) is 1.80. The first-order chi connectivity index (χ1) is 12.6. The molecule has 0 amide bonds. The highest BCUT2D eigenvalue weighted by atomic mass is 16.7. The Bertz CT molecular complexity index is 922. The molecule has 0 aromatic heterocycles. The van der Waals surface area contributed by atoms with Gasteiger partial charge in [0.05, 0.1) is 16.1 Å². The first kappa shape index (κ1) is 17.2. The van der Waals surface area contributed by atoms with Crippen LogP contribution >= 0.6 is 0 Å². The maximum Gasteiger partial charge on any atom is 0.381 e. The topological polar surface area (TPSA) is 89.7 Å². The van der Waals surface area contributed by atoms with Crippen molar-refractivity contribution in [3.8, 4) is 16.9 Å². The number of hydrogen-bond acceptors (Lipinski definition) is 4. The number of nitrogens with zero attached hydrogens (tertiary/aromatic N) is 1. The van der Waals surface area contributed by atoms with Gasteiger partial charge in [-0.3, -0.25) is 10.1 Å². The molecule has 1 atom stereocenters. The van der Waals surface area contributed by atoms with Crippen molar-refractivity contribution in [1.82, 2.24) is 0 Å². The number of rotatable bonds is 6. The molecule has 0 heterocycles. The number of carbonyl (C=O) groups is 1. The molecule has 130 valence electrons. The zero-order valence-electron chi connectivity index (χ0n) is 13.6. The van der Waals surface area contributed by atoms with E-state index in [1.807, 2.05) is 30.3 Å². The van der Waals surface area contributed by atoms with Gasteiger partial charge in [-0.2, -0.15) is 0 Å². The van der Waals surface area contributed by atoms with Crippen LogP contribution < -0.4 is 4.74 Å². The summed E-state index contributed by atoms with van der Waals surface area (Å²) in [6.07, 6.45) is -1.61. The highest BCUT2D eigenvalue weighted by Gasteiger charge is 2.29. The SMILES string of the molecule is O=C(O)c1ccccc1C(Oc1ccc(-c2ccccc2)cc1)[N+](=O)[O-]. The molecular weight excluding hydrogens is 334 g/mol. The highest BCUT2D eigenvalue weighted by molar-refractivity contribution is 5.89. The second kappa shape index (κ2) is 7.48. The van der Waals surface area contributed by atoms with Crippen LogP contribution in [0.5, 0.6) is 5.75 Å². The van der Waals surface area contributed by atoms with Gasteiger partial charge in [-0.15, -0.1) is 0 Å². The normalized spacial score (nSPS) is 11.5. The maximum atomic E-state index is 11.5. The average Bonchev–Trinajstić information content (AvgIpc) is 2.67. The predicted octanol–water partition coefficient (Wildman–Crippen LogP) is 4.41. The number of benzene rings is 3. The third-order valence-electron chi connectivity index (χ3n) is 3.86. The van der Waals surface area contributed by atoms with E-state index in [9.17, 15) is 20.0 Å². The fourth-order valence-corrected chi connectivity index (χ4v) is 2.61. The van der Waals surface area contributed by atoms with E-state index >= 15 is 0 Å². The van der Waals surface area contributed by atoms with Crippen LogP contribution in [0.3, 0.4) is 0 Å². The standard InChI is InChI=1S/C20H15NO5/c22-20(23)18-9-5-4-8-17(18)19(21(24)25)26-16-12-10-15(11-13-16)14-6-2-1-3-7-14/h1-13,19H,(H,22,23). The van der Waals surface area contributed by atoms with Gasteiger partial charge in [0.25, 0.3) is 0 Å². The van der Waals surface area contributed by atoms with Crippen LogP contribution in [0, 0.1) is 10.1 Å². The van der Waals surface area contributed by atoms with Crippen molar-refractivity contribution >= 4 is 5.97 Å². The molecule has 0 aliphatic rings. The molecule has 0 bridgehead atoms. The Kier molecular flexibility index (Phi) is 4.94. The lowest BCUT2D eigenvalue weighted by Crippen LogP contribution is -2.20. The molecule has 26 heavy (non-hydrogen) atoms. The second-order valence-corrected chi connectivity index (χ2v) is 5.54. The lowest BCUT2D eigenvalue weighted by Gasteiger charge is -2.14.